The van der Waals surface area contributed by atoms with Crippen molar-refractivity contribution < 1.29 is 9.31 Å². The first-order valence-electron chi connectivity index (χ1n) is 11.7. The van der Waals surface area contributed by atoms with Crippen LogP contribution in [0.5, 0.6) is 0 Å². The Bertz CT molecular complexity index is 1340. The number of benzene rings is 4. The molecule has 0 aromatic heterocycles. The van der Waals surface area contributed by atoms with Gasteiger partial charge in [-0.05, 0) is 91.2 Å². The lowest BCUT2D eigenvalue weighted by Gasteiger charge is -2.32. The SMILES string of the molecule is Cc1cc(-c2cccc(B3OC(C)(C)C(C)(C)O3)c2)ccc1-c1ccc2ccccc2c1C. The molecule has 0 unspecified atom stereocenters. The van der Waals surface area contributed by atoms with Crippen molar-refractivity contribution in [1.29, 1.82) is 0 Å². The Morgan fingerprint density at radius 2 is 1.30 bits per heavy atom. The van der Waals surface area contributed by atoms with Gasteiger partial charge in [-0.3, -0.25) is 0 Å². The van der Waals surface area contributed by atoms with Gasteiger partial charge in [0.15, 0.2) is 0 Å². The molecule has 2 nitrogen and oxygen atoms in total. The summed E-state index contributed by atoms with van der Waals surface area (Å²) in [5.41, 5.74) is 7.91. The van der Waals surface area contributed by atoms with Crippen LogP contribution < -0.4 is 5.46 Å². The smallest absolute Gasteiger partial charge is 0.399 e. The summed E-state index contributed by atoms with van der Waals surface area (Å²) in [5.74, 6) is 0. The summed E-state index contributed by atoms with van der Waals surface area (Å²) in [6.45, 7) is 12.8. The van der Waals surface area contributed by atoms with Crippen molar-refractivity contribution in [2.75, 3.05) is 0 Å². The predicted molar refractivity (Wildman–Crippen MR) is 140 cm³/mol. The number of fused-ring (bicyclic) bond motifs is 1. The molecular formula is C30H31BO2. The summed E-state index contributed by atoms with van der Waals surface area (Å²) < 4.78 is 12.5. The molecule has 5 rings (SSSR count). The fourth-order valence-electron chi connectivity index (χ4n) is 4.71. The van der Waals surface area contributed by atoms with Crippen LogP contribution in [-0.4, -0.2) is 18.3 Å². The molecule has 0 aliphatic carbocycles. The largest absolute Gasteiger partial charge is 0.494 e. The molecule has 1 aliphatic heterocycles. The molecule has 0 N–H and O–H groups in total. The van der Waals surface area contributed by atoms with Crippen LogP contribution >= 0.6 is 0 Å². The summed E-state index contributed by atoms with van der Waals surface area (Å²) in [6.07, 6.45) is 0. The van der Waals surface area contributed by atoms with Crippen molar-refractivity contribution >= 4 is 23.4 Å². The lowest BCUT2D eigenvalue weighted by Crippen LogP contribution is -2.41. The van der Waals surface area contributed by atoms with Crippen LogP contribution in [0.2, 0.25) is 0 Å². The van der Waals surface area contributed by atoms with Gasteiger partial charge < -0.3 is 9.31 Å². The molecule has 4 aromatic rings. The highest BCUT2D eigenvalue weighted by atomic mass is 16.7. The Kier molecular flexibility index (Phi) is 5.23. The normalized spacial score (nSPS) is 17.0. The van der Waals surface area contributed by atoms with E-state index in [1.54, 1.807) is 0 Å². The minimum atomic E-state index is -0.351. The lowest BCUT2D eigenvalue weighted by molar-refractivity contribution is 0.00578. The molecule has 0 atom stereocenters. The highest BCUT2D eigenvalue weighted by Crippen LogP contribution is 2.37. The number of aryl methyl sites for hydroxylation is 2. The van der Waals surface area contributed by atoms with Crippen molar-refractivity contribution in [3.05, 3.63) is 90.0 Å². The van der Waals surface area contributed by atoms with Gasteiger partial charge in [-0.2, -0.15) is 0 Å². The summed E-state index contributed by atoms with van der Waals surface area (Å²) in [6, 6.07) is 28.4. The van der Waals surface area contributed by atoms with Crippen LogP contribution in [0, 0.1) is 13.8 Å². The fourth-order valence-corrected chi connectivity index (χ4v) is 4.71. The van der Waals surface area contributed by atoms with Gasteiger partial charge in [-0.1, -0.05) is 78.9 Å². The number of hydrogen-bond acceptors (Lipinski definition) is 2. The van der Waals surface area contributed by atoms with Crippen LogP contribution in [0.1, 0.15) is 38.8 Å². The molecular weight excluding hydrogens is 403 g/mol. The Balaban J connectivity index is 1.49. The molecule has 166 valence electrons. The molecule has 0 saturated carbocycles. The van der Waals surface area contributed by atoms with E-state index < -0.39 is 0 Å². The van der Waals surface area contributed by atoms with E-state index in [9.17, 15) is 0 Å². The standard InChI is InChI=1S/C30H31BO2/c1-20-18-24(15-16-26(20)28-17-14-22-10-7-8-13-27(22)21(28)2)23-11-9-12-25(19-23)31-32-29(3,4)30(5,6)33-31/h7-19H,1-6H3. The van der Waals surface area contributed by atoms with Crippen molar-refractivity contribution in [2.45, 2.75) is 52.7 Å². The third-order valence-corrected chi connectivity index (χ3v) is 7.46. The van der Waals surface area contributed by atoms with E-state index in [0.29, 0.717) is 0 Å². The lowest BCUT2D eigenvalue weighted by atomic mass is 9.78. The zero-order valence-corrected chi connectivity index (χ0v) is 20.4. The Morgan fingerprint density at radius 1 is 0.636 bits per heavy atom. The molecule has 0 radical (unpaired) electrons. The maximum Gasteiger partial charge on any atom is 0.494 e. The van der Waals surface area contributed by atoms with Gasteiger partial charge in [0.2, 0.25) is 0 Å². The zero-order valence-electron chi connectivity index (χ0n) is 20.4. The van der Waals surface area contributed by atoms with E-state index in [-0.39, 0.29) is 18.3 Å². The zero-order chi connectivity index (χ0) is 23.4. The van der Waals surface area contributed by atoms with Crippen molar-refractivity contribution in [3.8, 4) is 22.3 Å². The van der Waals surface area contributed by atoms with Gasteiger partial charge >= 0.3 is 7.12 Å². The maximum atomic E-state index is 6.27. The monoisotopic (exact) mass is 434 g/mol. The second-order valence-electron chi connectivity index (χ2n) is 10.2. The molecule has 1 saturated heterocycles. The quantitative estimate of drug-likeness (QED) is 0.321. The van der Waals surface area contributed by atoms with E-state index in [1.165, 1.54) is 44.2 Å². The van der Waals surface area contributed by atoms with Gasteiger partial charge in [0.05, 0.1) is 11.2 Å². The first kappa shape index (κ1) is 21.9. The van der Waals surface area contributed by atoms with Crippen molar-refractivity contribution in [2.24, 2.45) is 0 Å². The van der Waals surface area contributed by atoms with Crippen LogP contribution in [0.3, 0.4) is 0 Å². The van der Waals surface area contributed by atoms with E-state index >= 15 is 0 Å². The Hall–Kier alpha value is -2.88. The van der Waals surface area contributed by atoms with Crippen LogP contribution in [0.4, 0.5) is 0 Å². The average Bonchev–Trinajstić information content (AvgIpc) is 3.01. The van der Waals surface area contributed by atoms with E-state index in [1.807, 2.05) is 0 Å². The van der Waals surface area contributed by atoms with Gasteiger partial charge in [0.25, 0.3) is 0 Å². The van der Waals surface area contributed by atoms with Gasteiger partial charge in [-0.25, -0.2) is 0 Å². The third kappa shape index (κ3) is 3.80. The molecule has 0 amide bonds. The number of hydrogen-bond donors (Lipinski definition) is 0. The number of rotatable bonds is 3. The van der Waals surface area contributed by atoms with Crippen molar-refractivity contribution in [3.63, 3.8) is 0 Å². The highest BCUT2D eigenvalue weighted by Gasteiger charge is 2.51. The molecule has 3 heteroatoms. The molecule has 1 aliphatic rings. The van der Waals surface area contributed by atoms with Crippen LogP contribution in [0.15, 0.2) is 78.9 Å². The maximum absolute atomic E-state index is 6.27. The molecule has 1 heterocycles. The van der Waals surface area contributed by atoms with E-state index in [2.05, 4.69) is 120 Å². The highest BCUT2D eigenvalue weighted by molar-refractivity contribution is 6.62. The summed E-state index contributed by atoms with van der Waals surface area (Å²) in [7, 11) is -0.351. The molecule has 33 heavy (non-hydrogen) atoms. The van der Waals surface area contributed by atoms with E-state index in [4.69, 9.17) is 9.31 Å². The molecule has 0 spiro atoms. The Labute approximate surface area is 197 Å². The Morgan fingerprint density at radius 3 is 2.03 bits per heavy atom. The van der Waals surface area contributed by atoms with Crippen LogP contribution in [-0.2, 0) is 9.31 Å². The van der Waals surface area contributed by atoms with Crippen LogP contribution in [0.25, 0.3) is 33.0 Å². The van der Waals surface area contributed by atoms with Gasteiger partial charge in [-0.15, -0.1) is 0 Å². The molecule has 4 aromatic carbocycles. The third-order valence-electron chi connectivity index (χ3n) is 7.46. The second kappa shape index (κ2) is 7.86. The first-order valence-corrected chi connectivity index (χ1v) is 11.7. The second-order valence-corrected chi connectivity index (χ2v) is 10.2. The minimum Gasteiger partial charge on any atom is -0.399 e. The fraction of sp³-hybridized carbons (Fsp3) is 0.267. The minimum absolute atomic E-state index is 0.344. The van der Waals surface area contributed by atoms with Gasteiger partial charge in [0.1, 0.15) is 0 Å². The van der Waals surface area contributed by atoms with Gasteiger partial charge in [0, 0.05) is 0 Å². The molecule has 0 bridgehead atoms. The summed E-state index contributed by atoms with van der Waals surface area (Å²) in [5, 5.41) is 2.60. The molecule has 1 fully saturated rings. The first-order chi connectivity index (χ1) is 15.7. The summed E-state index contributed by atoms with van der Waals surface area (Å²) >= 11 is 0. The van der Waals surface area contributed by atoms with Crippen molar-refractivity contribution in [1.82, 2.24) is 0 Å². The summed E-state index contributed by atoms with van der Waals surface area (Å²) in [4.78, 5) is 0. The van der Waals surface area contributed by atoms with E-state index in [0.717, 1.165) is 5.46 Å². The topological polar surface area (TPSA) is 18.5 Å². The average molecular weight is 434 g/mol. The predicted octanol–water partition coefficient (Wildman–Crippen LogP) is 7.09.